The second kappa shape index (κ2) is 5.98. The van der Waals surface area contributed by atoms with E-state index in [9.17, 15) is 13.2 Å². The van der Waals surface area contributed by atoms with Gasteiger partial charge in [-0.2, -0.15) is 0 Å². The molecule has 0 fully saturated rings. The average Bonchev–Trinajstić information content (AvgIpc) is 2.53. The molecule has 0 aromatic heterocycles. The van der Waals surface area contributed by atoms with E-state index in [0.29, 0.717) is 22.4 Å². The summed E-state index contributed by atoms with van der Waals surface area (Å²) < 4.78 is 24.8. The zero-order valence-electron chi connectivity index (χ0n) is 13.5. The van der Waals surface area contributed by atoms with Gasteiger partial charge >= 0.3 is 0 Å². The lowest BCUT2D eigenvalue weighted by atomic mass is 9.98. The maximum absolute atomic E-state index is 12.6. The molecular weight excluding hydrogens is 326 g/mol. The van der Waals surface area contributed by atoms with Gasteiger partial charge < -0.3 is 10.7 Å². The summed E-state index contributed by atoms with van der Waals surface area (Å²) in [5.41, 5.74) is 1.45. The molecule has 7 heteroatoms. The highest BCUT2D eigenvalue weighted by Crippen LogP contribution is 2.30. The van der Waals surface area contributed by atoms with Gasteiger partial charge in [0.2, 0.25) is 0 Å². The molecule has 2 heterocycles. The minimum absolute atomic E-state index is 0.0637. The Balaban J connectivity index is 1.98. The molecule has 126 valence electrons. The van der Waals surface area contributed by atoms with E-state index in [1.807, 2.05) is 13.0 Å². The first-order chi connectivity index (χ1) is 11.3. The summed E-state index contributed by atoms with van der Waals surface area (Å²) in [6.07, 6.45) is 5.42. The summed E-state index contributed by atoms with van der Waals surface area (Å²) in [6.45, 7) is 3.58. The van der Waals surface area contributed by atoms with Crippen LogP contribution in [0.15, 0.2) is 34.3 Å². The molecule has 1 aromatic rings. The number of carbonyl (C=O) groups excluding carboxylic acids is 1. The number of fused-ring (bicyclic) bond motifs is 1. The van der Waals surface area contributed by atoms with Gasteiger partial charge in [0, 0.05) is 41.6 Å². The van der Waals surface area contributed by atoms with Gasteiger partial charge in [-0.1, -0.05) is 13.0 Å². The Labute approximate surface area is 141 Å². The minimum atomic E-state index is -3.46. The molecule has 0 bridgehead atoms. The van der Waals surface area contributed by atoms with Gasteiger partial charge in [-0.25, -0.2) is 8.42 Å². The van der Waals surface area contributed by atoms with Crippen molar-refractivity contribution in [1.82, 2.24) is 5.32 Å². The van der Waals surface area contributed by atoms with E-state index in [1.54, 1.807) is 31.5 Å². The van der Waals surface area contributed by atoms with Crippen LogP contribution in [0.2, 0.25) is 0 Å². The molecule has 0 radical (unpaired) electrons. The van der Waals surface area contributed by atoms with Crippen molar-refractivity contribution >= 4 is 27.7 Å². The third kappa shape index (κ3) is 2.80. The lowest BCUT2D eigenvalue weighted by Crippen LogP contribution is -2.40. The fraction of sp³-hybridized carbons (Fsp3) is 0.353. The van der Waals surface area contributed by atoms with Crippen LogP contribution in [0.25, 0.3) is 0 Å². The molecular formula is C17H19N3O3S. The van der Waals surface area contributed by atoms with Gasteiger partial charge in [0.25, 0.3) is 5.91 Å². The van der Waals surface area contributed by atoms with E-state index in [2.05, 4.69) is 10.3 Å². The molecule has 24 heavy (non-hydrogen) atoms. The number of hydrogen-bond donors (Lipinski definition) is 2. The molecule has 3 rings (SSSR count). The summed E-state index contributed by atoms with van der Waals surface area (Å²) in [6, 6.07) is 2.99. The summed E-state index contributed by atoms with van der Waals surface area (Å²) >= 11 is 0. The molecule has 1 amide bonds. The van der Waals surface area contributed by atoms with E-state index in [4.69, 9.17) is 5.41 Å². The van der Waals surface area contributed by atoms with Crippen LogP contribution in [0, 0.1) is 18.3 Å². The predicted molar refractivity (Wildman–Crippen MR) is 92.7 cm³/mol. The maximum atomic E-state index is 12.6. The molecule has 2 atom stereocenters. The smallest absolute Gasteiger partial charge is 0.252 e. The fourth-order valence-corrected chi connectivity index (χ4v) is 4.83. The van der Waals surface area contributed by atoms with Crippen molar-refractivity contribution in [2.75, 3.05) is 5.75 Å². The number of amides is 1. The third-order valence-corrected chi connectivity index (χ3v) is 6.36. The monoisotopic (exact) mass is 345 g/mol. The molecule has 6 nitrogen and oxygen atoms in total. The molecule has 2 unspecified atom stereocenters. The lowest BCUT2D eigenvalue weighted by molar-refractivity contribution is 0.0939. The van der Waals surface area contributed by atoms with Crippen LogP contribution in [0.1, 0.15) is 34.8 Å². The number of benzene rings is 1. The second-order valence-corrected chi connectivity index (χ2v) is 8.21. The molecule has 0 spiro atoms. The molecule has 0 saturated heterocycles. The quantitative estimate of drug-likeness (QED) is 0.856. The Morgan fingerprint density at radius 1 is 1.38 bits per heavy atom. The third-order valence-electron chi connectivity index (χ3n) is 4.47. The summed E-state index contributed by atoms with van der Waals surface area (Å²) in [5, 5.41) is 10.9. The van der Waals surface area contributed by atoms with Crippen molar-refractivity contribution in [3.05, 3.63) is 41.1 Å². The van der Waals surface area contributed by atoms with Crippen LogP contribution >= 0.6 is 0 Å². The first-order valence-corrected chi connectivity index (χ1v) is 9.41. The standard InChI is InChI=1S/C17H19N3O3S/c1-10-9-19-7-5-15(10)20-17(21)12-3-4-13-14(18)6-8-24(22,23)16(13)11(12)2/h3-5,7,9-10,15,18H,6,8H2,1-2H3,(H,20,21). The first-order valence-electron chi connectivity index (χ1n) is 7.76. The Bertz CT molecular complexity index is 885. The van der Waals surface area contributed by atoms with E-state index >= 15 is 0 Å². The van der Waals surface area contributed by atoms with Crippen LogP contribution in [-0.2, 0) is 9.84 Å². The van der Waals surface area contributed by atoms with Crippen LogP contribution in [0.4, 0.5) is 0 Å². The van der Waals surface area contributed by atoms with Gasteiger partial charge in [0.05, 0.1) is 16.7 Å². The highest BCUT2D eigenvalue weighted by molar-refractivity contribution is 7.91. The Morgan fingerprint density at radius 3 is 2.83 bits per heavy atom. The van der Waals surface area contributed by atoms with Crippen molar-refractivity contribution in [1.29, 1.82) is 5.41 Å². The zero-order chi connectivity index (χ0) is 17.5. The van der Waals surface area contributed by atoms with Crippen LogP contribution in [0.5, 0.6) is 0 Å². The summed E-state index contributed by atoms with van der Waals surface area (Å²) in [5.74, 6) is -0.336. The zero-order valence-corrected chi connectivity index (χ0v) is 14.4. The molecule has 0 saturated carbocycles. The van der Waals surface area contributed by atoms with Gasteiger partial charge in [0.15, 0.2) is 9.84 Å². The summed E-state index contributed by atoms with van der Waals surface area (Å²) in [4.78, 5) is 16.8. The molecule has 2 N–H and O–H groups in total. The van der Waals surface area contributed by atoms with E-state index < -0.39 is 9.84 Å². The van der Waals surface area contributed by atoms with E-state index in [1.165, 1.54) is 0 Å². The molecule has 1 aromatic carbocycles. The highest BCUT2D eigenvalue weighted by Gasteiger charge is 2.31. The van der Waals surface area contributed by atoms with Crippen molar-refractivity contribution in [3.63, 3.8) is 0 Å². The molecule has 2 aliphatic heterocycles. The highest BCUT2D eigenvalue weighted by atomic mass is 32.2. The van der Waals surface area contributed by atoms with Crippen molar-refractivity contribution in [3.8, 4) is 0 Å². The first kappa shape index (κ1) is 16.6. The normalized spacial score (nSPS) is 24.5. The number of nitrogens with zero attached hydrogens (tertiary/aromatic N) is 1. The lowest BCUT2D eigenvalue weighted by Gasteiger charge is -2.24. The fourth-order valence-electron chi connectivity index (χ4n) is 3.05. The molecule has 0 aliphatic carbocycles. The number of carbonyl (C=O) groups is 1. The Hall–Kier alpha value is -2.28. The second-order valence-electron chi connectivity index (χ2n) is 6.16. The topological polar surface area (TPSA) is 99.4 Å². The van der Waals surface area contributed by atoms with Gasteiger partial charge in [-0.3, -0.25) is 9.79 Å². The van der Waals surface area contributed by atoms with Crippen LogP contribution < -0.4 is 5.32 Å². The van der Waals surface area contributed by atoms with Crippen molar-refractivity contribution < 1.29 is 13.2 Å². The number of nitrogens with one attached hydrogen (secondary N) is 2. The van der Waals surface area contributed by atoms with Crippen molar-refractivity contribution in [2.45, 2.75) is 31.2 Å². The van der Waals surface area contributed by atoms with Gasteiger partial charge in [-0.05, 0) is 24.6 Å². The van der Waals surface area contributed by atoms with E-state index in [0.717, 1.165) is 0 Å². The maximum Gasteiger partial charge on any atom is 0.252 e. The number of sulfone groups is 1. The van der Waals surface area contributed by atoms with Crippen LogP contribution in [-0.4, -0.2) is 38.0 Å². The molecule has 2 aliphatic rings. The summed E-state index contributed by atoms with van der Waals surface area (Å²) in [7, 11) is -3.46. The Kier molecular flexibility index (Phi) is 4.13. The predicted octanol–water partition coefficient (Wildman–Crippen LogP) is 1.87. The van der Waals surface area contributed by atoms with Crippen LogP contribution in [0.3, 0.4) is 0 Å². The SMILES string of the molecule is Cc1c(C(=O)NC2C=CN=CC2C)ccc2c1S(=O)(=O)CCC2=N. The number of aliphatic imine (C=N–C) groups is 1. The largest absolute Gasteiger partial charge is 0.345 e. The Morgan fingerprint density at radius 2 is 2.12 bits per heavy atom. The minimum Gasteiger partial charge on any atom is -0.345 e. The van der Waals surface area contributed by atoms with Crippen molar-refractivity contribution in [2.24, 2.45) is 10.9 Å². The van der Waals surface area contributed by atoms with Gasteiger partial charge in [-0.15, -0.1) is 0 Å². The average molecular weight is 345 g/mol. The number of rotatable bonds is 2. The van der Waals surface area contributed by atoms with Gasteiger partial charge in [0.1, 0.15) is 0 Å². The number of hydrogen-bond acceptors (Lipinski definition) is 5. The van der Waals surface area contributed by atoms with E-state index in [-0.39, 0.29) is 34.9 Å².